The molecule has 1 N–H and O–H groups in total. The molecule has 2 aromatic heterocycles. The number of likely N-dealkylation sites (tertiary alicyclic amines) is 1. The molecule has 0 aromatic carbocycles. The molecule has 2 atom stereocenters. The van der Waals surface area contributed by atoms with Crippen LogP contribution in [0.4, 0.5) is 0 Å². The zero-order valence-corrected chi connectivity index (χ0v) is 11.9. The predicted octanol–water partition coefficient (Wildman–Crippen LogP) is 2.08. The van der Waals surface area contributed by atoms with Gasteiger partial charge in [-0.1, -0.05) is 6.07 Å². The quantitative estimate of drug-likeness (QED) is 0.926. The van der Waals surface area contributed by atoms with Crippen molar-refractivity contribution in [3.8, 4) is 0 Å². The third-order valence-electron chi connectivity index (χ3n) is 4.02. The molecule has 3 heterocycles. The van der Waals surface area contributed by atoms with E-state index in [1.54, 1.807) is 7.11 Å². The Hall–Kier alpha value is -1.72. The average molecular weight is 272 g/mol. The highest BCUT2D eigenvalue weighted by molar-refractivity contribution is 5.19. The molecule has 1 unspecified atom stereocenters. The molecule has 1 aliphatic rings. The minimum atomic E-state index is 0.266. The van der Waals surface area contributed by atoms with Crippen LogP contribution >= 0.6 is 0 Å². The molecule has 5 nitrogen and oxygen atoms in total. The maximum Gasteiger partial charge on any atom is 0.123 e. The lowest BCUT2D eigenvalue weighted by atomic mass is 10.1. The number of rotatable bonds is 4. The Labute approximate surface area is 119 Å². The summed E-state index contributed by atoms with van der Waals surface area (Å²) in [6, 6.07) is 4.42. The van der Waals surface area contributed by atoms with Gasteiger partial charge in [0.2, 0.25) is 0 Å². The Kier molecular flexibility index (Phi) is 3.80. The Morgan fingerprint density at radius 2 is 2.30 bits per heavy atom. The fourth-order valence-electron chi connectivity index (χ4n) is 2.85. The summed E-state index contributed by atoms with van der Waals surface area (Å²) >= 11 is 0. The standard InChI is InChI=1S/C15H20N4O/c1-11-12(4-3-5-16-11)9-19-10-13(20-2)8-14(19)15-17-6-7-18-15/h3-7,13-14H,8-10H2,1-2H3,(H,17,18)/t13-,14?/m1/s1. The molecule has 106 valence electrons. The Bertz CT molecular complexity index is 555. The van der Waals surface area contributed by atoms with E-state index in [1.165, 1.54) is 5.56 Å². The molecule has 0 radical (unpaired) electrons. The van der Waals surface area contributed by atoms with Gasteiger partial charge >= 0.3 is 0 Å². The number of pyridine rings is 1. The van der Waals surface area contributed by atoms with Crippen molar-refractivity contribution in [2.24, 2.45) is 0 Å². The van der Waals surface area contributed by atoms with E-state index in [2.05, 4.69) is 32.8 Å². The van der Waals surface area contributed by atoms with E-state index < -0.39 is 0 Å². The van der Waals surface area contributed by atoms with Gasteiger partial charge < -0.3 is 9.72 Å². The summed E-state index contributed by atoms with van der Waals surface area (Å²) in [5.74, 6) is 1.02. The van der Waals surface area contributed by atoms with Gasteiger partial charge in [-0.15, -0.1) is 0 Å². The number of hydrogen-bond acceptors (Lipinski definition) is 4. The highest BCUT2D eigenvalue weighted by Gasteiger charge is 2.34. The molecule has 0 aliphatic carbocycles. The number of methoxy groups -OCH3 is 1. The molecule has 0 bridgehead atoms. The van der Waals surface area contributed by atoms with Gasteiger partial charge in [0.25, 0.3) is 0 Å². The first-order chi connectivity index (χ1) is 9.78. The summed E-state index contributed by atoms with van der Waals surface area (Å²) in [5, 5.41) is 0. The van der Waals surface area contributed by atoms with Gasteiger partial charge in [-0.05, 0) is 25.0 Å². The maximum absolute atomic E-state index is 5.54. The predicted molar refractivity (Wildman–Crippen MR) is 76.1 cm³/mol. The number of H-pyrrole nitrogens is 1. The minimum Gasteiger partial charge on any atom is -0.380 e. The molecular weight excluding hydrogens is 252 g/mol. The fraction of sp³-hybridized carbons (Fsp3) is 0.467. The molecule has 0 spiro atoms. The molecular formula is C15H20N4O. The summed E-state index contributed by atoms with van der Waals surface area (Å²) in [6.45, 7) is 3.86. The van der Waals surface area contributed by atoms with Crippen LogP contribution in [0.5, 0.6) is 0 Å². The van der Waals surface area contributed by atoms with Crippen LogP contribution < -0.4 is 0 Å². The van der Waals surface area contributed by atoms with Gasteiger partial charge in [-0.25, -0.2) is 4.98 Å². The van der Waals surface area contributed by atoms with Crippen LogP contribution in [0.1, 0.15) is 29.5 Å². The van der Waals surface area contributed by atoms with E-state index in [4.69, 9.17) is 4.74 Å². The van der Waals surface area contributed by atoms with Crippen molar-refractivity contribution in [2.45, 2.75) is 32.0 Å². The van der Waals surface area contributed by atoms with Crippen molar-refractivity contribution in [3.63, 3.8) is 0 Å². The molecule has 5 heteroatoms. The highest BCUT2D eigenvalue weighted by atomic mass is 16.5. The number of nitrogens with zero attached hydrogens (tertiary/aromatic N) is 3. The zero-order valence-electron chi connectivity index (χ0n) is 11.9. The molecule has 3 rings (SSSR count). The van der Waals surface area contributed by atoms with Crippen LogP contribution in [-0.4, -0.2) is 39.6 Å². The number of aromatic nitrogens is 3. The fourth-order valence-corrected chi connectivity index (χ4v) is 2.85. The van der Waals surface area contributed by atoms with Gasteiger partial charge in [-0.2, -0.15) is 0 Å². The van der Waals surface area contributed by atoms with Crippen LogP contribution in [0.15, 0.2) is 30.7 Å². The van der Waals surface area contributed by atoms with Crippen LogP contribution in [0.25, 0.3) is 0 Å². The molecule has 2 aromatic rings. The highest BCUT2D eigenvalue weighted by Crippen LogP contribution is 2.32. The van der Waals surface area contributed by atoms with Gasteiger partial charge in [0.05, 0.1) is 12.1 Å². The van der Waals surface area contributed by atoms with Crippen LogP contribution in [0, 0.1) is 6.92 Å². The second-order valence-corrected chi connectivity index (χ2v) is 5.26. The van der Waals surface area contributed by atoms with Crippen LogP contribution in [-0.2, 0) is 11.3 Å². The van der Waals surface area contributed by atoms with Gasteiger partial charge in [0.15, 0.2) is 0 Å². The first-order valence-electron chi connectivity index (χ1n) is 6.94. The van der Waals surface area contributed by atoms with Crippen molar-refractivity contribution >= 4 is 0 Å². The Morgan fingerprint density at radius 1 is 1.40 bits per heavy atom. The molecule has 1 saturated heterocycles. The Balaban J connectivity index is 1.81. The summed E-state index contributed by atoms with van der Waals surface area (Å²) in [7, 11) is 1.78. The number of aryl methyl sites for hydroxylation is 1. The van der Waals surface area contributed by atoms with Crippen LogP contribution in [0.3, 0.4) is 0 Å². The van der Waals surface area contributed by atoms with E-state index in [1.807, 2.05) is 24.7 Å². The molecule has 1 aliphatic heterocycles. The van der Waals surface area contributed by atoms with E-state index >= 15 is 0 Å². The first kappa shape index (κ1) is 13.3. The topological polar surface area (TPSA) is 54.0 Å². The summed E-state index contributed by atoms with van der Waals surface area (Å²) in [5.41, 5.74) is 2.35. The number of imidazole rings is 1. The Morgan fingerprint density at radius 3 is 3.00 bits per heavy atom. The van der Waals surface area contributed by atoms with Crippen molar-refractivity contribution in [1.29, 1.82) is 0 Å². The lowest BCUT2D eigenvalue weighted by molar-refractivity contribution is 0.107. The lowest BCUT2D eigenvalue weighted by Gasteiger charge is -2.23. The van der Waals surface area contributed by atoms with Gasteiger partial charge in [0, 0.05) is 44.5 Å². The maximum atomic E-state index is 5.54. The summed E-state index contributed by atoms with van der Waals surface area (Å²) in [6.07, 6.45) is 6.77. The summed E-state index contributed by atoms with van der Waals surface area (Å²) < 4.78 is 5.54. The second-order valence-electron chi connectivity index (χ2n) is 5.26. The van der Waals surface area contributed by atoms with E-state index in [0.717, 1.165) is 31.0 Å². The average Bonchev–Trinajstić information content (AvgIpc) is 3.10. The molecule has 1 fully saturated rings. The van der Waals surface area contributed by atoms with E-state index in [9.17, 15) is 0 Å². The largest absolute Gasteiger partial charge is 0.380 e. The van der Waals surface area contributed by atoms with Crippen molar-refractivity contribution in [1.82, 2.24) is 19.9 Å². The first-order valence-corrected chi connectivity index (χ1v) is 6.94. The molecule has 0 amide bonds. The van der Waals surface area contributed by atoms with Crippen molar-refractivity contribution < 1.29 is 4.74 Å². The number of hydrogen-bond donors (Lipinski definition) is 1. The smallest absolute Gasteiger partial charge is 0.123 e. The van der Waals surface area contributed by atoms with Gasteiger partial charge in [0.1, 0.15) is 5.82 Å². The van der Waals surface area contributed by atoms with Crippen molar-refractivity contribution in [3.05, 3.63) is 47.8 Å². The van der Waals surface area contributed by atoms with Gasteiger partial charge in [-0.3, -0.25) is 9.88 Å². The van der Waals surface area contributed by atoms with Crippen molar-refractivity contribution in [2.75, 3.05) is 13.7 Å². The summed E-state index contributed by atoms with van der Waals surface area (Å²) in [4.78, 5) is 14.4. The zero-order chi connectivity index (χ0) is 13.9. The van der Waals surface area contributed by atoms with E-state index in [0.29, 0.717) is 0 Å². The normalized spacial score (nSPS) is 23.3. The number of ether oxygens (including phenoxy) is 1. The lowest BCUT2D eigenvalue weighted by Crippen LogP contribution is -2.25. The molecule has 20 heavy (non-hydrogen) atoms. The monoisotopic (exact) mass is 272 g/mol. The number of nitrogens with one attached hydrogen (secondary N) is 1. The SMILES string of the molecule is CO[C@@H]1CC(c2ncc[nH]2)N(Cc2cccnc2C)C1. The third kappa shape index (κ3) is 2.59. The van der Waals surface area contributed by atoms with E-state index in [-0.39, 0.29) is 12.1 Å². The minimum absolute atomic E-state index is 0.266. The van der Waals surface area contributed by atoms with Crippen LogP contribution in [0.2, 0.25) is 0 Å². The molecule has 0 saturated carbocycles. The second kappa shape index (κ2) is 5.73. The number of aromatic amines is 1. The third-order valence-corrected chi connectivity index (χ3v) is 4.02.